The van der Waals surface area contributed by atoms with Gasteiger partial charge in [-0.15, -0.1) is 0 Å². The van der Waals surface area contributed by atoms with Crippen LogP contribution in [0.2, 0.25) is 0 Å². The Bertz CT molecular complexity index is 1380. The van der Waals surface area contributed by atoms with E-state index < -0.39 is 16.4 Å². The molecular formula is C20H20FN5O4S. The number of hydrogen-bond acceptors (Lipinski definition) is 6. The monoisotopic (exact) mass is 445 g/mol. The van der Waals surface area contributed by atoms with Gasteiger partial charge in [-0.25, -0.2) is 19.5 Å². The molecule has 1 saturated carbocycles. The summed E-state index contributed by atoms with van der Waals surface area (Å²) in [4.78, 5) is 12.1. The van der Waals surface area contributed by atoms with Gasteiger partial charge in [0.05, 0.1) is 24.1 Å². The predicted molar refractivity (Wildman–Crippen MR) is 112 cm³/mol. The van der Waals surface area contributed by atoms with Crippen LogP contribution in [0, 0.1) is 11.7 Å². The molecule has 3 unspecified atom stereocenters. The summed E-state index contributed by atoms with van der Waals surface area (Å²) in [6.07, 6.45) is 3.59. The summed E-state index contributed by atoms with van der Waals surface area (Å²) >= 11 is 0. The normalized spacial score (nSPS) is 22.0. The van der Waals surface area contributed by atoms with Crippen LogP contribution in [0.15, 0.2) is 42.9 Å². The Labute approximate surface area is 176 Å². The number of rotatable bonds is 5. The van der Waals surface area contributed by atoms with Gasteiger partial charge in [-0.2, -0.15) is 8.42 Å². The van der Waals surface area contributed by atoms with Crippen LogP contribution in [0.5, 0.6) is 0 Å². The first-order chi connectivity index (χ1) is 14.8. The number of aliphatic hydroxyl groups excluding tert-OH is 1. The Kier molecular flexibility index (Phi) is 4.77. The van der Waals surface area contributed by atoms with Crippen molar-refractivity contribution < 1.29 is 22.1 Å². The second-order valence-electron chi connectivity index (χ2n) is 7.83. The summed E-state index contributed by atoms with van der Waals surface area (Å²) in [6, 6.07) is 8.20. The van der Waals surface area contributed by atoms with Crippen molar-refractivity contribution >= 4 is 32.2 Å². The summed E-state index contributed by atoms with van der Waals surface area (Å²) in [7, 11) is -4.06. The summed E-state index contributed by atoms with van der Waals surface area (Å²) in [5.74, 6) is -0.663. The van der Waals surface area contributed by atoms with E-state index in [-0.39, 0.29) is 24.4 Å². The first-order valence-corrected chi connectivity index (χ1v) is 11.2. The van der Waals surface area contributed by atoms with Gasteiger partial charge in [-0.1, -0.05) is 0 Å². The van der Waals surface area contributed by atoms with Crippen molar-refractivity contribution in [2.45, 2.75) is 25.0 Å². The summed E-state index contributed by atoms with van der Waals surface area (Å²) in [6.45, 7) is -0.165. The molecule has 5 rings (SSSR count). The molecule has 1 aliphatic carbocycles. The lowest BCUT2D eigenvalue weighted by Gasteiger charge is -2.14. The van der Waals surface area contributed by atoms with Crippen molar-refractivity contribution in [1.29, 1.82) is 0 Å². The maximum Gasteiger partial charge on any atom is 0.333 e. The van der Waals surface area contributed by atoms with Gasteiger partial charge in [0.15, 0.2) is 0 Å². The first kappa shape index (κ1) is 20.1. The third-order valence-corrected chi connectivity index (χ3v) is 6.28. The summed E-state index contributed by atoms with van der Waals surface area (Å²) < 4.78 is 42.3. The molecule has 4 aromatic rings. The Balaban J connectivity index is 1.47. The van der Waals surface area contributed by atoms with E-state index in [2.05, 4.69) is 19.1 Å². The molecule has 31 heavy (non-hydrogen) atoms. The molecule has 0 saturated heterocycles. The SMILES string of the molecule is NS(=O)(=O)OCC1CC(n2ccc3c(-c4cc5cc(F)ccc5[nH]4)ncnc32)CC1O. The average molecular weight is 445 g/mol. The fourth-order valence-electron chi connectivity index (χ4n) is 4.37. The van der Waals surface area contributed by atoms with E-state index in [1.165, 1.54) is 18.5 Å². The smallest absolute Gasteiger partial charge is 0.333 e. The maximum atomic E-state index is 13.5. The summed E-state index contributed by atoms with van der Waals surface area (Å²) in [5.41, 5.74) is 2.93. The molecule has 3 atom stereocenters. The van der Waals surface area contributed by atoms with Crippen LogP contribution in [0.1, 0.15) is 18.9 Å². The zero-order chi connectivity index (χ0) is 21.8. The number of aliphatic hydroxyl groups is 1. The molecule has 1 aliphatic rings. The number of nitrogens with zero attached hydrogens (tertiary/aromatic N) is 3. The molecule has 0 aliphatic heterocycles. The quantitative estimate of drug-likeness (QED) is 0.431. The molecule has 1 aromatic carbocycles. The van der Waals surface area contributed by atoms with Crippen molar-refractivity contribution in [3.05, 3.63) is 48.7 Å². The third-order valence-electron chi connectivity index (χ3n) is 5.82. The zero-order valence-electron chi connectivity index (χ0n) is 16.3. The number of aromatic amines is 1. The lowest BCUT2D eigenvalue weighted by molar-refractivity contribution is 0.100. The van der Waals surface area contributed by atoms with Crippen LogP contribution >= 0.6 is 0 Å². The largest absolute Gasteiger partial charge is 0.393 e. The van der Waals surface area contributed by atoms with Gasteiger partial charge in [-0.05, 0) is 43.2 Å². The van der Waals surface area contributed by atoms with Gasteiger partial charge in [0.1, 0.15) is 17.8 Å². The van der Waals surface area contributed by atoms with Gasteiger partial charge in [-0.3, -0.25) is 4.18 Å². The number of nitrogens with two attached hydrogens (primary N) is 1. The molecule has 0 amide bonds. The molecule has 162 valence electrons. The van der Waals surface area contributed by atoms with E-state index >= 15 is 0 Å². The number of halogens is 1. The highest BCUT2D eigenvalue weighted by atomic mass is 32.2. The molecule has 3 aromatic heterocycles. The third kappa shape index (κ3) is 3.81. The molecule has 0 radical (unpaired) electrons. The number of H-pyrrole nitrogens is 1. The van der Waals surface area contributed by atoms with E-state index in [0.29, 0.717) is 24.2 Å². The molecular weight excluding hydrogens is 425 g/mol. The average Bonchev–Trinajstić information content (AvgIpc) is 3.41. The highest BCUT2D eigenvalue weighted by molar-refractivity contribution is 7.84. The number of benzene rings is 1. The fraction of sp³-hybridized carbons (Fsp3) is 0.300. The zero-order valence-corrected chi connectivity index (χ0v) is 17.1. The Hall–Kier alpha value is -2.86. The van der Waals surface area contributed by atoms with E-state index in [0.717, 1.165) is 22.0 Å². The minimum Gasteiger partial charge on any atom is -0.393 e. The second kappa shape index (κ2) is 7.38. The Morgan fingerprint density at radius 1 is 1.26 bits per heavy atom. The van der Waals surface area contributed by atoms with Crippen molar-refractivity contribution in [1.82, 2.24) is 19.5 Å². The van der Waals surface area contributed by atoms with Crippen LogP contribution in [-0.4, -0.2) is 45.8 Å². The van der Waals surface area contributed by atoms with E-state index in [4.69, 9.17) is 5.14 Å². The molecule has 0 bridgehead atoms. The predicted octanol–water partition coefficient (Wildman–Crippen LogP) is 2.25. The Morgan fingerprint density at radius 3 is 2.90 bits per heavy atom. The van der Waals surface area contributed by atoms with E-state index in [1.807, 2.05) is 22.9 Å². The Morgan fingerprint density at radius 2 is 2.10 bits per heavy atom. The van der Waals surface area contributed by atoms with E-state index in [9.17, 15) is 17.9 Å². The van der Waals surface area contributed by atoms with Gasteiger partial charge in [0.2, 0.25) is 0 Å². The molecule has 3 heterocycles. The standard InChI is InChI=1S/C20H20FN5O4S/c21-13-1-2-16-11(5-13)7-17(25-16)19-15-3-4-26(20(15)24-10-23-19)14-6-12(18(27)8-14)9-30-31(22,28)29/h1-5,7,10,12,14,18,25,27H,6,8-9H2,(H2,22,28,29). The van der Waals surface area contributed by atoms with Crippen molar-refractivity contribution in [3.8, 4) is 11.4 Å². The highest BCUT2D eigenvalue weighted by Gasteiger charge is 2.35. The topological polar surface area (TPSA) is 136 Å². The minimum absolute atomic E-state index is 0.0823. The van der Waals surface area contributed by atoms with Crippen LogP contribution in [0.4, 0.5) is 4.39 Å². The van der Waals surface area contributed by atoms with Gasteiger partial charge in [0.25, 0.3) is 0 Å². The minimum atomic E-state index is -4.06. The van der Waals surface area contributed by atoms with Crippen LogP contribution < -0.4 is 5.14 Å². The number of hydrogen-bond donors (Lipinski definition) is 3. The van der Waals surface area contributed by atoms with Crippen molar-refractivity contribution in [3.63, 3.8) is 0 Å². The van der Waals surface area contributed by atoms with Crippen LogP contribution in [-0.2, 0) is 14.5 Å². The first-order valence-electron chi connectivity index (χ1n) is 9.74. The fourth-order valence-corrected chi connectivity index (χ4v) is 4.74. The van der Waals surface area contributed by atoms with Crippen LogP contribution in [0.3, 0.4) is 0 Å². The molecule has 11 heteroatoms. The van der Waals surface area contributed by atoms with Gasteiger partial charge < -0.3 is 14.7 Å². The highest BCUT2D eigenvalue weighted by Crippen LogP contribution is 2.38. The van der Waals surface area contributed by atoms with Gasteiger partial charge in [0, 0.05) is 34.4 Å². The molecule has 1 fully saturated rings. The van der Waals surface area contributed by atoms with E-state index in [1.54, 1.807) is 6.07 Å². The molecule has 9 nitrogen and oxygen atoms in total. The lowest BCUT2D eigenvalue weighted by Crippen LogP contribution is -2.24. The number of aromatic nitrogens is 4. The van der Waals surface area contributed by atoms with Crippen molar-refractivity contribution in [2.24, 2.45) is 11.1 Å². The second-order valence-corrected chi connectivity index (χ2v) is 9.05. The lowest BCUT2D eigenvalue weighted by atomic mass is 10.1. The molecule has 4 N–H and O–H groups in total. The van der Waals surface area contributed by atoms with Crippen molar-refractivity contribution in [2.75, 3.05) is 6.61 Å². The number of nitrogens with one attached hydrogen (secondary N) is 1. The maximum absolute atomic E-state index is 13.5. The number of fused-ring (bicyclic) bond motifs is 2. The molecule has 0 spiro atoms. The van der Waals surface area contributed by atoms with Gasteiger partial charge >= 0.3 is 10.3 Å². The summed E-state index contributed by atoms with van der Waals surface area (Å²) in [5, 5.41) is 16.8. The van der Waals surface area contributed by atoms with Crippen LogP contribution in [0.25, 0.3) is 33.3 Å².